The summed E-state index contributed by atoms with van der Waals surface area (Å²) in [6, 6.07) is 5.37. The minimum atomic E-state index is 0.537. The van der Waals surface area contributed by atoms with Gasteiger partial charge in [0.1, 0.15) is 5.75 Å². The Kier molecular flexibility index (Phi) is 4.01. The SMILES string of the molecule is COc1cc(Cl)cc(C#CCS)c1. The molecule has 1 aromatic carbocycles. The van der Waals surface area contributed by atoms with Crippen LogP contribution in [0.1, 0.15) is 5.56 Å². The van der Waals surface area contributed by atoms with Gasteiger partial charge in [-0.25, -0.2) is 0 Å². The second kappa shape index (κ2) is 5.06. The minimum absolute atomic E-state index is 0.537. The summed E-state index contributed by atoms with van der Waals surface area (Å²) in [4.78, 5) is 0. The summed E-state index contributed by atoms with van der Waals surface area (Å²) in [5, 5.41) is 0.628. The van der Waals surface area contributed by atoms with Crippen LogP contribution in [0.5, 0.6) is 5.75 Å². The smallest absolute Gasteiger partial charge is 0.121 e. The van der Waals surface area contributed by atoms with E-state index in [1.165, 1.54) is 0 Å². The third kappa shape index (κ3) is 3.22. The van der Waals surface area contributed by atoms with Gasteiger partial charge in [0.2, 0.25) is 0 Å². The Morgan fingerprint density at radius 1 is 1.46 bits per heavy atom. The molecule has 0 aliphatic rings. The Labute approximate surface area is 88.5 Å². The molecule has 1 rings (SSSR count). The Hall–Kier alpha value is -0.780. The fourth-order valence-corrected chi connectivity index (χ4v) is 1.20. The second-order valence-corrected chi connectivity index (χ2v) is 3.09. The topological polar surface area (TPSA) is 9.23 Å². The van der Waals surface area contributed by atoms with Crippen LogP contribution in [0, 0.1) is 11.8 Å². The summed E-state index contributed by atoms with van der Waals surface area (Å²) in [6.45, 7) is 0. The zero-order chi connectivity index (χ0) is 9.68. The van der Waals surface area contributed by atoms with Crippen molar-refractivity contribution in [2.75, 3.05) is 12.9 Å². The lowest BCUT2D eigenvalue weighted by molar-refractivity contribution is 0.414. The van der Waals surface area contributed by atoms with Gasteiger partial charge in [0.05, 0.1) is 12.9 Å². The average molecular weight is 213 g/mol. The second-order valence-electron chi connectivity index (χ2n) is 2.34. The summed E-state index contributed by atoms with van der Waals surface area (Å²) >= 11 is 9.83. The van der Waals surface area contributed by atoms with Crippen LogP contribution in [0.15, 0.2) is 18.2 Å². The highest BCUT2D eigenvalue weighted by molar-refractivity contribution is 7.80. The average Bonchev–Trinajstić information content (AvgIpc) is 2.14. The molecule has 13 heavy (non-hydrogen) atoms. The summed E-state index contributed by atoms with van der Waals surface area (Å²) < 4.78 is 5.04. The van der Waals surface area contributed by atoms with Crippen molar-refractivity contribution in [3.05, 3.63) is 28.8 Å². The molecule has 0 saturated heterocycles. The van der Waals surface area contributed by atoms with Gasteiger partial charge in [-0.1, -0.05) is 23.4 Å². The highest BCUT2D eigenvalue weighted by Gasteiger charge is 1.96. The van der Waals surface area contributed by atoms with E-state index < -0.39 is 0 Å². The van der Waals surface area contributed by atoms with E-state index in [0.717, 1.165) is 11.3 Å². The number of rotatable bonds is 1. The van der Waals surface area contributed by atoms with Crippen molar-refractivity contribution in [2.24, 2.45) is 0 Å². The van der Waals surface area contributed by atoms with Gasteiger partial charge in [-0.15, -0.1) is 0 Å². The maximum atomic E-state index is 5.84. The van der Waals surface area contributed by atoms with Crippen molar-refractivity contribution in [2.45, 2.75) is 0 Å². The van der Waals surface area contributed by atoms with E-state index in [1.54, 1.807) is 19.2 Å². The van der Waals surface area contributed by atoms with Gasteiger partial charge in [-0.05, 0) is 18.2 Å². The number of benzene rings is 1. The lowest BCUT2D eigenvalue weighted by Crippen LogP contribution is -1.84. The van der Waals surface area contributed by atoms with Gasteiger partial charge in [0.25, 0.3) is 0 Å². The first kappa shape index (κ1) is 10.3. The van der Waals surface area contributed by atoms with E-state index in [-0.39, 0.29) is 0 Å². The van der Waals surface area contributed by atoms with Gasteiger partial charge >= 0.3 is 0 Å². The van der Waals surface area contributed by atoms with Gasteiger partial charge in [-0.3, -0.25) is 0 Å². The van der Waals surface area contributed by atoms with Gasteiger partial charge in [-0.2, -0.15) is 12.6 Å². The molecule has 0 heterocycles. The summed E-state index contributed by atoms with van der Waals surface area (Å²) in [5.74, 6) is 7.02. The van der Waals surface area contributed by atoms with Crippen molar-refractivity contribution in [3.63, 3.8) is 0 Å². The molecule has 0 N–H and O–H groups in total. The molecule has 0 radical (unpaired) electrons. The van der Waals surface area contributed by atoms with Gasteiger partial charge in [0, 0.05) is 10.6 Å². The highest BCUT2D eigenvalue weighted by atomic mass is 35.5. The van der Waals surface area contributed by atoms with E-state index in [4.69, 9.17) is 16.3 Å². The zero-order valence-electron chi connectivity index (χ0n) is 7.17. The number of hydrogen-bond acceptors (Lipinski definition) is 2. The largest absolute Gasteiger partial charge is 0.497 e. The highest BCUT2D eigenvalue weighted by Crippen LogP contribution is 2.19. The first-order valence-corrected chi connectivity index (χ1v) is 4.71. The van der Waals surface area contributed by atoms with Gasteiger partial charge < -0.3 is 4.74 Å². The van der Waals surface area contributed by atoms with Crippen LogP contribution in [0.3, 0.4) is 0 Å². The lowest BCUT2D eigenvalue weighted by Gasteiger charge is -2.00. The molecule has 0 bridgehead atoms. The molecule has 0 unspecified atom stereocenters. The zero-order valence-corrected chi connectivity index (χ0v) is 8.82. The van der Waals surface area contributed by atoms with Gasteiger partial charge in [0.15, 0.2) is 0 Å². The standard InChI is InChI=1S/C10H9ClOS/c1-12-10-6-8(3-2-4-13)5-9(11)7-10/h5-7,13H,4H2,1H3. The first-order chi connectivity index (χ1) is 6.26. The monoisotopic (exact) mass is 212 g/mol. The minimum Gasteiger partial charge on any atom is -0.497 e. The Balaban J connectivity index is 3.01. The van der Waals surface area contributed by atoms with E-state index >= 15 is 0 Å². The number of ether oxygens (including phenoxy) is 1. The fraction of sp³-hybridized carbons (Fsp3) is 0.200. The number of halogens is 1. The maximum Gasteiger partial charge on any atom is 0.121 e. The summed E-state index contributed by atoms with van der Waals surface area (Å²) in [5.41, 5.74) is 0.846. The van der Waals surface area contributed by atoms with Crippen LogP contribution in [0.4, 0.5) is 0 Å². The number of methoxy groups -OCH3 is 1. The molecule has 68 valence electrons. The number of hydrogen-bond donors (Lipinski definition) is 1. The van der Waals surface area contributed by atoms with Crippen molar-refractivity contribution >= 4 is 24.2 Å². The van der Waals surface area contributed by atoms with Crippen molar-refractivity contribution in [3.8, 4) is 17.6 Å². The molecule has 0 atom stereocenters. The summed E-state index contributed by atoms with van der Waals surface area (Å²) in [7, 11) is 1.60. The predicted molar refractivity (Wildman–Crippen MR) is 58.7 cm³/mol. The van der Waals surface area contributed by atoms with E-state index in [9.17, 15) is 0 Å². The molecule has 0 spiro atoms. The molecule has 1 aromatic rings. The van der Waals surface area contributed by atoms with E-state index in [1.807, 2.05) is 6.07 Å². The van der Waals surface area contributed by atoms with E-state index in [0.29, 0.717) is 10.8 Å². The van der Waals surface area contributed by atoms with Crippen LogP contribution >= 0.6 is 24.2 Å². The van der Waals surface area contributed by atoms with E-state index in [2.05, 4.69) is 24.5 Å². The Morgan fingerprint density at radius 3 is 2.85 bits per heavy atom. The predicted octanol–water partition coefficient (Wildman–Crippen LogP) is 2.63. The Bertz CT molecular complexity index is 352. The molecule has 0 saturated carbocycles. The van der Waals surface area contributed by atoms with Crippen molar-refractivity contribution < 1.29 is 4.74 Å². The van der Waals surface area contributed by atoms with Crippen LogP contribution in [0.2, 0.25) is 5.02 Å². The quantitative estimate of drug-likeness (QED) is 0.556. The lowest BCUT2D eigenvalue weighted by atomic mass is 10.2. The first-order valence-electron chi connectivity index (χ1n) is 3.70. The summed E-state index contributed by atoms with van der Waals surface area (Å²) in [6.07, 6.45) is 0. The number of thiol groups is 1. The van der Waals surface area contributed by atoms with Crippen LogP contribution in [0.25, 0.3) is 0 Å². The molecular weight excluding hydrogens is 204 g/mol. The third-order valence-electron chi connectivity index (χ3n) is 1.42. The molecule has 1 nitrogen and oxygen atoms in total. The molecule has 3 heteroatoms. The van der Waals surface area contributed by atoms with Crippen molar-refractivity contribution in [1.82, 2.24) is 0 Å². The van der Waals surface area contributed by atoms with Crippen molar-refractivity contribution in [1.29, 1.82) is 0 Å². The van der Waals surface area contributed by atoms with Crippen LogP contribution < -0.4 is 4.74 Å². The molecule has 0 aliphatic carbocycles. The fourth-order valence-electron chi connectivity index (χ4n) is 0.894. The maximum absolute atomic E-state index is 5.84. The normalized spacial score (nSPS) is 8.85. The Morgan fingerprint density at radius 2 is 2.23 bits per heavy atom. The molecule has 0 fully saturated rings. The molecule has 0 amide bonds. The third-order valence-corrected chi connectivity index (χ3v) is 1.80. The van der Waals surface area contributed by atoms with Crippen LogP contribution in [-0.2, 0) is 0 Å². The molecular formula is C10H9ClOS. The van der Waals surface area contributed by atoms with Crippen LogP contribution in [-0.4, -0.2) is 12.9 Å². The molecule has 0 aromatic heterocycles. The molecule has 0 aliphatic heterocycles.